The molecule has 0 aromatic carbocycles. The van der Waals surface area contributed by atoms with Crippen molar-refractivity contribution >= 4 is 41.3 Å². The van der Waals surface area contributed by atoms with Crippen LogP contribution in [0.5, 0.6) is 0 Å². The molecule has 0 N–H and O–H groups in total. The average Bonchev–Trinajstić information content (AvgIpc) is 2.91. The summed E-state index contributed by atoms with van der Waals surface area (Å²) in [6, 6.07) is 0. The van der Waals surface area contributed by atoms with Crippen molar-refractivity contribution in [3.63, 3.8) is 0 Å². The molecule has 20 heavy (non-hydrogen) atoms. The van der Waals surface area contributed by atoms with E-state index < -0.39 is 0 Å². The topological polar surface area (TPSA) is 0 Å². The Balaban J connectivity index is -0.000000102. The van der Waals surface area contributed by atoms with Crippen molar-refractivity contribution in [2.45, 2.75) is 46.3 Å². The standard InChI is InChI=1S/C9H13.C5H5.C2H8Ge.2ClH.Zr/c1-6-5-7(2)9(4)8(6)3;1-2-4-5-3-1;1-2-3;;;/h6H,1-4H3;1-3H,4H2;2H2,1,3H3;2*1H;/q2*-1;;;;+2. The van der Waals surface area contributed by atoms with Crippen molar-refractivity contribution in [2.75, 3.05) is 0 Å². The molecule has 0 amide bonds. The summed E-state index contributed by atoms with van der Waals surface area (Å²) in [7, 11) is 0. The minimum atomic E-state index is 0. The summed E-state index contributed by atoms with van der Waals surface area (Å²) < 4.78 is 0. The second kappa shape index (κ2) is 18.0. The first-order valence-corrected chi connectivity index (χ1v) is 9.50. The SMILES string of the molecule is CC1=[C-]C(C)C(C)=C1C.C[CH2][GeH3].Cl.Cl.[C-]1=CC=CC1.[Zr+2]. The van der Waals surface area contributed by atoms with E-state index in [9.17, 15) is 0 Å². The number of allylic oxidation sites excluding steroid dienone is 8. The zero-order chi connectivity index (χ0) is 13.3. The van der Waals surface area contributed by atoms with Crippen LogP contribution in [0.3, 0.4) is 0 Å². The molecule has 0 spiro atoms. The van der Waals surface area contributed by atoms with Gasteiger partial charge in [-0.15, -0.1) is 38.2 Å². The molecule has 1 atom stereocenters. The molecule has 0 heterocycles. The van der Waals surface area contributed by atoms with E-state index in [-0.39, 0.29) is 51.0 Å². The molecule has 0 nitrogen and oxygen atoms in total. The maximum absolute atomic E-state index is 3.36. The second-order valence-corrected chi connectivity index (χ2v) is 7.48. The quantitative estimate of drug-likeness (QED) is 0.369. The second-order valence-electron chi connectivity index (χ2n) is 4.51. The molecule has 0 aliphatic heterocycles. The zero-order valence-corrected chi connectivity index (χ0v) is 21.8. The fourth-order valence-corrected chi connectivity index (χ4v) is 1.50. The van der Waals surface area contributed by atoms with Gasteiger partial charge in [-0.2, -0.15) is 17.2 Å². The van der Waals surface area contributed by atoms with Crippen LogP contribution < -0.4 is 0 Å². The summed E-state index contributed by atoms with van der Waals surface area (Å²) in [5, 5.41) is 1.44. The van der Waals surface area contributed by atoms with E-state index >= 15 is 0 Å². The molecule has 0 aromatic rings. The Hall–Kier alpha value is 0.966. The largest absolute Gasteiger partial charge is 2.00 e. The first kappa shape index (κ1) is 29.0. The van der Waals surface area contributed by atoms with Gasteiger partial charge in [0.1, 0.15) is 0 Å². The Morgan fingerprint density at radius 1 is 1.25 bits per heavy atom. The molecule has 2 aliphatic carbocycles. The maximum atomic E-state index is 3.36. The molecule has 0 aromatic heterocycles. The number of halogens is 2. The molecular weight excluding hydrogens is 427 g/mol. The third kappa shape index (κ3) is 12.7. The average molecular weight is 455 g/mol. The van der Waals surface area contributed by atoms with Gasteiger partial charge >= 0.3 is 54.9 Å². The summed E-state index contributed by atoms with van der Waals surface area (Å²) >= 11 is 1.10. The molecule has 2 aliphatic rings. The van der Waals surface area contributed by atoms with E-state index in [2.05, 4.69) is 52.8 Å². The monoisotopic (exact) mass is 454 g/mol. The molecule has 0 saturated heterocycles. The van der Waals surface area contributed by atoms with Gasteiger partial charge in [0.05, 0.1) is 0 Å². The van der Waals surface area contributed by atoms with Gasteiger partial charge in [-0.3, -0.25) is 12.2 Å². The number of rotatable bonds is 0. The van der Waals surface area contributed by atoms with E-state index in [4.69, 9.17) is 0 Å². The van der Waals surface area contributed by atoms with Crippen LogP contribution in [0.1, 0.15) is 41.0 Å². The summed E-state index contributed by atoms with van der Waals surface area (Å²) in [6.07, 6.45) is 13.4. The molecular formula is C16H28Cl2GeZr. The van der Waals surface area contributed by atoms with Crippen LogP contribution in [0.25, 0.3) is 0 Å². The third-order valence-corrected chi connectivity index (χ3v) is 2.82. The fraction of sp³-hybridized carbons (Fsp3) is 0.500. The minimum Gasteiger partial charge on any atom is -0.273 e. The van der Waals surface area contributed by atoms with Gasteiger partial charge in [-0.1, -0.05) is 26.7 Å². The van der Waals surface area contributed by atoms with Gasteiger partial charge in [0.25, 0.3) is 0 Å². The van der Waals surface area contributed by atoms with Crippen LogP contribution in [0, 0.1) is 18.1 Å². The molecule has 0 fully saturated rings. The molecule has 0 radical (unpaired) electrons. The van der Waals surface area contributed by atoms with Gasteiger partial charge in [0.15, 0.2) is 0 Å². The Morgan fingerprint density at radius 2 is 1.75 bits per heavy atom. The molecule has 4 heteroatoms. The van der Waals surface area contributed by atoms with Crippen LogP contribution in [-0.2, 0) is 26.2 Å². The number of hydrogen-bond donors (Lipinski definition) is 0. The molecule has 0 bridgehead atoms. The summed E-state index contributed by atoms with van der Waals surface area (Å²) in [6.45, 7) is 10.9. The van der Waals surface area contributed by atoms with Crippen molar-refractivity contribution in [2.24, 2.45) is 5.92 Å². The predicted molar refractivity (Wildman–Crippen MR) is 96.5 cm³/mol. The summed E-state index contributed by atoms with van der Waals surface area (Å²) in [5.41, 5.74) is 4.25. The molecule has 114 valence electrons. The van der Waals surface area contributed by atoms with E-state index in [1.165, 1.54) is 22.0 Å². The van der Waals surface area contributed by atoms with E-state index in [0.29, 0.717) is 5.92 Å². The Morgan fingerprint density at radius 3 is 1.85 bits per heavy atom. The van der Waals surface area contributed by atoms with Crippen LogP contribution in [0.4, 0.5) is 0 Å². The van der Waals surface area contributed by atoms with E-state index in [1.807, 2.05) is 12.2 Å². The van der Waals surface area contributed by atoms with Crippen LogP contribution >= 0.6 is 24.8 Å². The van der Waals surface area contributed by atoms with E-state index in [1.54, 1.807) is 0 Å². The van der Waals surface area contributed by atoms with E-state index in [0.717, 1.165) is 22.9 Å². The summed E-state index contributed by atoms with van der Waals surface area (Å²) in [4.78, 5) is 0. The zero-order valence-electron chi connectivity index (χ0n) is 13.5. The third-order valence-electron chi connectivity index (χ3n) is 2.82. The van der Waals surface area contributed by atoms with Gasteiger partial charge in [-0.05, 0) is 0 Å². The predicted octanol–water partition coefficient (Wildman–Crippen LogP) is 4.66. The van der Waals surface area contributed by atoms with Crippen molar-refractivity contribution in [3.8, 4) is 0 Å². The number of hydrogen-bond acceptors (Lipinski definition) is 0. The maximum Gasteiger partial charge on any atom is 2.00 e. The van der Waals surface area contributed by atoms with Crippen molar-refractivity contribution in [1.82, 2.24) is 0 Å². The van der Waals surface area contributed by atoms with Crippen LogP contribution in [0.2, 0.25) is 5.25 Å². The molecule has 0 saturated carbocycles. The van der Waals surface area contributed by atoms with Crippen molar-refractivity contribution in [3.05, 3.63) is 47.1 Å². The van der Waals surface area contributed by atoms with Crippen LogP contribution in [-0.4, -0.2) is 16.5 Å². The molecule has 1 unspecified atom stereocenters. The first-order chi connectivity index (χ1) is 8.04. The van der Waals surface area contributed by atoms with Gasteiger partial charge in [-0.25, -0.2) is 17.7 Å². The minimum absolute atomic E-state index is 0. The normalized spacial score (nSPS) is 17.6. The van der Waals surface area contributed by atoms with Gasteiger partial charge in [0.2, 0.25) is 0 Å². The Bertz CT molecular complexity index is 334. The van der Waals surface area contributed by atoms with Gasteiger partial charge < -0.3 is 0 Å². The Labute approximate surface area is 165 Å². The smallest absolute Gasteiger partial charge is 0.273 e. The Kier molecular flexibility index (Phi) is 26.2. The molecule has 2 rings (SSSR count). The van der Waals surface area contributed by atoms with Crippen LogP contribution in [0.15, 0.2) is 34.9 Å². The fourth-order valence-electron chi connectivity index (χ4n) is 1.50. The van der Waals surface area contributed by atoms with Crippen molar-refractivity contribution in [1.29, 1.82) is 0 Å². The van der Waals surface area contributed by atoms with Gasteiger partial charge in [0, 0.05) is 0 Å². The van der Waals surface area contributed by atoms with Crippen molar-refractivity contribution < 1.29 is 26.2 Å². The first-order valence-electron chi connectivity index (χ1n) is 6.54. The summed E-state index contributed by atoms with van der Waals surface area (Å²) in [5.74, 6) is 0.560.